The summed E-state index contributed by atoms with van der Waals surface area (Å²) in [7, 11) is 0. The molecule has 0 bridgehead atoms. The van der Waals surface area contributed by atoms with Gasteiger partial charge in [-0.3, -0.25) is 0 Å². The van der Waals surface area contributed by atoms with Gasteiger partial charge in [0.1, 0.15) is 5.76 Å². The lowest BCUT2D eigenvalue weighted by Crippen LogP contribution is -2.03. The Bertz CT molecular complexity index is 886. The number of carbonyl (C=O) groups is 1. The Morgan fingerprint density at radius 2 is 1.72 bits per heavy atom. The molecule has 0 saturated heterocycles. The maximum absolute atomic E-state index is 12.1. The molecule has 1 aliphatic carbocycles. The number of ether oxygens (including phenoxy) is 1. The van der Waals surface area contributed by atoms with E-state index in [4.69, 9.17) is 4.74 Å². The first-order chi connectivity index (χ1) is 12.3. The fourth-order valence-electron chi connectivity index (χ4n) is 3.36. The summed E-state index contributed by atoms with van der Waals surface area (Å²) < 4.78 is 5.47. The summed E-state index contributed by atoms with van der Waals surface area (Å²) in [5.41, 5.74) is 5.50. The van der Waals surface area contributed by atoms with E-state index >= 15 is 0 Å². The molecule has 2 heteroatoms. The van der Waals surface area contributed by atoms with Crippen molar-refractivity contribution in [2.75, 3.05) is 0 Å². The number of esters is 1. The maximum atomic E-state index is 12.1. The Kier molecular flexibility index (Phi) is 4.34. The van der Waals surface area contributed by atoms with Crippen LogP contribution in [0.25, 0.3) is 11.8 Å². The largest absolute Gasteiger partial charge is 0.422 e. The highest BCUT2D eigenvalue weighted by atomic mass is 16.5. The van der Waals surface area contributed by atoms with E-state index < -0.39 is 0 Å². The summed E-state index contributed by atoms with van der Waals surface area (Å²) >= 11 is 0. The van der Waals surface area contributed by atoms with Crippen LogP contribution in [0.3, 0.4) is 0 Å². The molecule has 1 heterocycles. The molecule has 2 aromatic carbocycles. The van der Waals surface area contributed by atoms with Crippen molar-refractivity contribution in [3.05, 3.63) is 94.6 Å². The highest BCUT2D eigenvalue weighted by Crippen LogP contribution is 2.30. The van der Waals surface area contributed by atoms with Gasteiger partial charge in [0.15, 0.2) is 0 Å². The number of rotatable bonds is 3. The number of cyclic esters (lactones) is 1. The van der Waals surface area contributed by atoms with Gasteiger partial charge in [0.05, 0.1) is 5.57 Å². The number of fused-ring (bicyclic) bond motifs is 1. The van der Waals surface area contributed by atoms with Crippen LogP contribution in [-0.2, 0) is 22.4 Å². The summed E-state index contributed by atoms with van der Waals surface area (Å²) in [5, 5.41) is 0. The van der Waals surface area contributed by atoms with Crippen molar-refractivity contribution in [3.63, 3.8) is 0 Å². The van der Waals surface area contributed by atoms with E-state index in [1.807, 2.05) is 48.6 Å². The zero-order chi connectivity index (χ0) is 17.1. The Morgan fingerprint density at radius 3 is 2.56 bits per heavy atom. The standard InChI is InChI=1S/C23H20O2/c24-23-21(12-6-9-17-7-2-1-3-8-17)16-22(25-23)20-14-13-18-10-4-5-11-19(18)15-20/h1-3,6-9,12-16H,4-5,10-11H2/b9-6-,21-12+. The van der Waals surface area contributed by atoms with Crippen molar-refractivity contribution in [3.8, 4) is 0 Å². The summed E-state index contributed by atoms with van der Waals surface area (Å²) in [6.45, 7) is 0. The molecule has 0 saturated carbocycles. The second-order valence-electron chi connectivity index (χ2n) is 6.48. The lowest BCUT2D eigenvalue weighted by atomic mass is 9.90. The van der Waals surface area contributed by atoms with Gasteiger partial charge < -0.3 is 4.74 Å². The third kappa shape index (κ3) is 3.48. The number of hydrogen-bond acceptors (Lipinski definition) is 2. The molecule has 25 heavy (non-hydrogen) atoms. The molecule has 2 nitrogen and oxygen atoms in total. The van der Waals surface area contributed by atoms with Gasteiger partial charge in [0.25, 0.3) is 0 Å². The van der Waals surface area contributed by atoms with Gasteiger partial charge in [-0.2, -0.15) is 0 Å². The van der Waals surface area contributed by atoms with E-state index in [2.05, 4.69) is 18.2 Å². The first-order valence-corrected chi connectivity index (χ1v) is 8.79. The molecule has 0 radical (unpaired) electrons. The Hall–Kier alpha value is -2.87. The summed E-state index contributed by atoms with van der Waals surface area (Å²) in [5.74, 6) is 0.364. The van der Waals surface area contributed by atoms with Crippen LogP contribution in [0.4, 0.5) is 0 Å². The molecule has 1 aliphatic heterocycles. The van der Waals surface area contributed by atoms with Gasteiger partial charge >= 0.3 is 5.97 Å². The zero-order valence-electron chi connectivity index (χ0n) is 14.1. The van der Waals surface area contributed by atoms with Crippen LogP contribution in [0.1, 0.15) is 35.1 Å². The lowest BCUT2D eigenvalue weighted by Gasteiger charge is -2.16. The van der Waals surface area contributed by atoms with Crippen molar-refractivity contribution < 1.29 is 9.53 Å². The Balaban J connectivity index is 1.56. The van der Waals surface area contributed by atoms with Gasteiger partial charge in [-0.05, 0) is 60.6 Å². The predicted octanol–water partition coefficient (Wildman–Crippen LogP) is 5.10. The van der Waals surface area contributed by atoms with E-state index in [9.17, 15) is 4.79 Å². The molecule has 0 N–H and O–H groups in total. The zero-order valence-corrected chi connectivity index (χ0v) is 14.1. The Morgan fingerprint density at radius 1 is 0.920 bits per heavy atom. The molecular formula is C23H20O2. The van der Waals surface area contributed by atoms with Crippen LogP contribution in [0.2, 0.25) is 0 Å². The smallest absolute Gasteiger partial charge is 0.343 e. The fraction of sp³-hybridized carbons (Fsp3) is 0.174. The molecule has 0 aromatic heterocycles. The molecule has 4 rings (SSSR count). The molecule has 0 atom stereocenters. The monoisotopic (exact) mass is 328 g/mol. The minimum Gasteiger partial charge on any atom is -0.422 e. The number of aryl methyl sites for hydroxylation is 2. The molecule has 124 valence electrons. The quantitative estimate of drug-likeness (QED) is 0.578. The van der Waals surface area contributed by atoms with E-state index in [1.165, 1.54) is 24.0 Å². The van der Waals surface area contributed by atoms with Crippen LogP contribution in [0, 0.1) is 0 Å². The van der Waals surface area contributed by atoms with Crippen molar-refractivity contribution in [1.82, 2.24) is 0 Å². The number of hydrogen-bond donors (Lipinski definition) is 0. The highest BCUT2D eigenvalue weighted by molar-refractivity contribution is 6.01. The van der Waals surface area contributed by atoms with Gasteiger partial charge in [0.2, 0.25) is 0 Å². The topological polar surface area (TPSA) is 26.3 Å². The SMILES string of the molecule is O=C1OC(c2ccc3c(c2)CCCC3)=C/C1=C\C=C/c1ccccc1. The summed E-state index contributed by atoms with van der Waals surface area (Å²) in [6, 6.07) is 16.4. The van der Waals surface area contributed by atoms with Crippen LogP contribution >= 0.6 is 0 Å². The van der Waals surface area contributed by atoms with E-state index in [-0.39, 0.29) is 5.97 Å². The third-order valence-corrected chi connectivity index (χ3v) is 4.72. The summed E-state index contributed by atoms with van der Waals surface area (Å²) in [6.07, 6.45) is 12.3. The van der Waals surface area contributed by atoms with Gasteiger partial charge in [-0.15, -0.1) is 0 Å². The Labute approximate surface area is 148 Å². The van der Waals surface area contributed by atoms with E-state index in [1.54, 1.807) is 6.08 Å². The van der Waals surface area contributed by atoms with Crippen LogP contribution in [0.15, 0.2) is 72.3 Å². The first kappa shape index (κ1) is 15.6. The fourth-order valence-corrected chi connectivity index (χ4v) is 3.36. The van der Waals surface area contributed by atoms with Crippen molar-refractivity contribution in [2.45, 2.75) is 25.7 Å². The van der Waals surface area contributed by atoms with Gasteiger partial charge in [-0.1, -0.05) is 54.6 Å². The number of allylic oxidation sites excluding steroid dienone is 2. The van der Waals surface area contributed by atoms with Crippen LogP contribution in [-0.4, -0.2) is 5.97 Å². The third-order valence-electron chi connectivity index (χ3n) is 4.72. The average molecular weight is 328 g/mol. The highest BCUT2D eigenvalue weighted by Gasteiger charge is 2.22. The molecule has 0 unspecified atom stereocenters. The average Bonchev–Trinajstić information content (AvgIpc) is 3.03. The molecule has 0 amide bonds. The van der Waals surface area contributed by atoms with Crippen molar-refractivity contribution in [2.24, 2.45) is 0 Å². The minimum absolute atomic E-state index is 0.287. The molecule has 2 aliphatic rings. The van der Waals surface area contributed by atoms with Crippen molar-refractivity contribution >= 4 is 17.8 Å². The van der Waals surface area contributed by atoms with Crippen LogP contribution in [0.5, 0.6) is 0 Å². The minimum atomic E-state index is -0.287. The molecular weight excluding hydrogens is 308 g/mol. The van der Waals surface area contributed by atoms with E-state index in [0.717, 1.165) is 24.0 Å². The summed E-state index contributed by atoms with van der Waals surface area (Å²) in [4.78, 5) is 12.1. The first-order valence-electron chi connectivity index (χ1n) is 8.79. The second-order valence-corrected chi connectivity index (χ2v) is 6.48. The van der Waals surface area contributed by atoms with Gasteiger partial charge in [-0.25, -0.2) is 4.79 Å². The lowest BCUT2D eigenvalue weighted by molar-refractivity contribution is -0.130. The normalized spacial score (nSPS) is 18.3. The molecule has 0 spiro atoms. The van der Waals surface area contributed by atoms with Crippen molar-refractivity contribution in [1.29, 1.82) is 0 Å². The maximum Gasteiger partial charge on any atom is 0.343 e. The van der Waals surface area contributed by atoms with Gasteiger partial charge in [0, 0.05) is 5.56 Å². The number of benzene rings is 2. The van der Waals surface area contributed by atoms with E-state index in [0.29, 0.717) is 11.3 Å². The molecule has 2 aromatic rings. The molecule has 0 fully saturated rings. The second kappa shape index (κ2) is 6.94. The predicted molar refractivity (Wildman–Crippen MR) is 101 cm³/mol. The van der Waals surface area contributed by atoms with Crippen LogP contribution < -0.4 is 0 Å². The number of carbonyl (C=O) groups excluding carboxylic acids is 1.